The Bertz CT molecular complexity index is 633. The van der Waals surface area contributed by atoms with E-state index in [4.69, 9.17) is 0 Å². The van der Waals surface area contributed by atoms with Gasteiger partial charge < -0.3 is 34.6 Å². The number of rotatable bonds is 23. The fourth-order valence-electron chi connectivity index (χ4n) is 3.96. The Labute approximate surface area is 289 Å². The predicted octanol–water partition coefficient (Wildman–Crippen LogP) is -7.35. The molecule has 0 saturated heterocycles. The number of carboxylic acid groups (broad SMARTS) is 3. The molecule has 1 unspecified atom stereocenters. The summed E-state index contributed by atoms with van der Waals surface area (Å²) in [6.45, 7) is 2.22. The summed E-state index contributed by atoms with van der Waals surface area (Å²) < 4.78 is 0. The molecule has 37 heavy (non-hydrogen) atoms. The van der Waals surface area contributed by atoms with E-state index in [0.717, 1.165) is 30.6 Å². The van der Waals surface area contributed by atoms with Gasteiger partial charge in [0.1, 0.15) is 0 Å². The normalized spacial score (nSPS) is 11.1. The van der Waals surface area contributed by atoms with Crippen LogP contribution in [0.2, 0.25) is 0 Å². The average Bonchev–Trinajstić information content (AvgIpc) is 2.78. The first-order chi connectivity index (χ1) is 16.3. The van der Waals surface area contributed by atoms with Gasteiger partial charge in [0, 0.05) is 25.0 Å². The average molecular weight is 550 g/mol. The van der Waals surface area contributed by atoms with Gasteiger partial charge in [-0.25, -0.2) is 0 Å². The summed E-state index contributed by atoms with van der Waals surface area (Å²) in [4.78, 5) is 45.8. The van der Waals surface area contributed by atoms with Crippen LogP contribution in [-0.4, -0.2) is 41.3 Å². The molecule has 0 aromatic carbocycles. The summed E-state index contributed by atoms with van der Waals surface area (Å²) in [6, 6.07) is -1.72. The Kier molecular flexibility index (Phi) is 37.6. The number of unbranched alkanes of at least 4 members (excludes halogenated alkanes) is 15. The standard InChI is InChI=1S/C26H45NO7.3Na/c1-2-3-4-5-6-7-8-9-10-11-12-13-14-15-16-17-20-27(23(28)18-19-24(29)30)22(26(33)34)21-25(31)32;;;/h18-19,22H,2-17,20-21H2,1H3,(H,29,30)(H,31,32)(H,33,34);;;/q;3*+1/p-3. The second kappa shape index (κ2) is 31.2. The molecule has 0 bridgehead atoms. The van der Waals surface area contributed by atoms with Crippen LogP contribution < -0.4 is 104 Å². The van der Waals surface area contributed by atoms with Crippen LogP contribution in [0.25, 0.3) is 0 Å². The topological polar surface area (TPSA) is 141 Å². The number of hydrogen-bond donors (Lipinski definition) is 0. The van der Waals surface area contributed by atoms with Crippen LogP contribution in [-0.2, 0) is 19.2 Å². The van der Waals surface area contributed by atoms with E-state index < -0.39 is 36.3 Å². The van der Waals surface area contributed by atoms with Gasteiger partial charge in [0.2, 0.25) is 5.91 Å². The number of amides is 1. The largest absolute Gasteiger partial charge is 1.00 e. The molecule has 0 aromatic rings. The van der Waals surface area contributed by atoms with Crippen molar-refractivity contribution < 1.29 is 123 Å². The fraction of sp³-hybridized carbons (Fsp3) is 0.769. The van der Waals surface area contributed by atoms with Gasteiger partial charge in [-0.05, 0) is 12.5 Å². The van der Waals surface area contributed by atoms with Crippen molar-refractivity contribution >= 4 is 23.8 Å². The van der Waals surface area contributed by atoms with Crippen LogP contribution in [0.3, 0.4) is 0 Å². The number of nitrogens with zero attached hydrogens (tertiary/aromatic N) is 1. The molecule has 0 radical (unpaired) electrons. The number of carboxylic acids is 3. The minimum absolute atomic E-state index is 0. The van der Waals surface area contributed by atoms with Crippen LogP contribution in [0, 0.1) is 0 Å². The zero-order valence-electron chi connectivity index (χ0n) is 23.8. The number of carbonyl (C=O) groups is 4. The van der Waals surface area contributed by atoms with E-state index in [2.05, 4.69) is 6.92 Å². The van der Waals surface area contributed by atoms with Crippen molar-refractivity contribution in [2.24, 2.45) is 0 Å². The molecule has 0 spiro atoms. The first-order valence-electron chi connectivity index (χ1n) is 12.9. The van der Waals surface area contributed by atoms with Crippen molar-refractivity contribution in [1.29, 1.82) is 0 Å². The molecule has 0 aliphatic rings. The second-order valence-corrected chi connectivity index (χ2v) is 8.90. The monoisotopic (exact) mass is 549 g/mol. The molecule has 0 heterocycles. The maximum absolute atomic E-state index is 12.2. The third-order valence-corrected chi connectivity index (χ3v) is 5.91. The molecule has 8 nitrogen and oxygen atoms in total. The minimum atomic E-state index is -1.73. The molecule has 0 aromatic heterocycles. The summed E-state index contributed by atoms with van der Waals surface area (Å²) in [5.74, 6) is -5.89. The summed E-state index contributed by atoms with van der Waals surface area (Å²) in [7, 11) is 0. The Balaban J connectivity index is -0.00000181. The molecule has 0 fully saturated rings. The first-order valence-corrected chi connectivity index (χ1v) is 12.9. The molecule has 196 valence electrons. The molecule has 0 rings (SSSR count). The van der Waals surface area contributed by atoms with E-state index in [9.17, 15) is 34.5 Å². The maximum atomic E-state index is 12.2. The van der Waals surface area contributed by atoms with E-state index >= 15 is 0 Å². The maximum Gasteiger partial charge on any atom is 1.00 e. The number of hydrogen-bond acceptors (Lipinski definition) is 7. The summed E-state index contributed by atoms with van der Waals surface area (Å²) >= 11 is 0. The van der Waals surface area contributed by atoms with Crippen molar-refractivity contribution in [2.45, 2.75) is 122 Å². The van der Waals surface area contributed by atoms with Gasteiger partial charge in [-0.2, -0.15) is 0 Å². The van der Waals surface area contributed by atoms with Gasteiger partial charge in [0.05, 0.1) is 18.0 Å². The van der Waals surface area contributed by atoms with E-state index in [0.29, 0.717) is 18.6 Å². The van der Waals surface area contributed by atoms with Crippen molar-refractivity contribution in [3.63, 3.8) is 0 Å². The summed E-state index contributed by atoms with van der Waals surface area (Å²) in [5.41, 5.74) is 0. The van der Waals surface area contributed by atoms with Crippen LogP contribution in [0.4, 0.5) is 0 Å². The fourth-order valence-corrected chi connectivity index (χ4v) is 3.96. The second-order valence-electron chi connectivity index (χ2n) is 8.90. The smallest absolute Gasteiger partial charge is 0.550 e. The van der Waals surface area contributed by atoms with Gasteiger partial charge in [0.25, 0.3) is 0 Å². The van der Waals surface area contributed by atoms with Gasteiger partial charge in [-0.15, -0.1) is 0 Å². The molecule has 0 N–H and O–H groups in total. The summed E-state index contributed by atoms with van der Waals surface area (Å²) in [5, 5.41) is 32.7. The Morgan fingerprint density at radius 3 is 1.32 bits per heavy atom. The van der Waals surface area contributed by atoms with E-state index in [-0.39, 0.29) is 95.2 Å². The van der Waals surface area contributed by atoms with Gasteiger partial charge >= 0.3 is 88.7 Å². The molecule has 1 amide bonds. The van der Waals surface area contributed by atoms with Gasteiger partial charge in [-0.3, -0.25) is 4.79 Å². The zero-order valence-corrected chi connectivity index (χ0v) is 29.8. The first kappa shape index (κ1) is 44.6. The summed E-state index contributed by atoms with van der Waals surface area (Å²) in [6.07, 6.45) is 18.9. The Hall–Kier alpha value is 0.620. The van der Waals surface area contributed by atoms with Gasteiger partial charge in [-0.1, -0.05) is 103 Å². The van der Waals surface area contributed by atoms with Crippen LogP contribution in [0.1, 0.15) is 116 Å². The SMILES string of the molecule is CCCCCCCCCCCCCCCCCCN(C(=O)C=CC(=O)[O-])C(CC(=O)[O-])C(=O)[O-].[Na+].[Na+].[Na+]. The van der Waals surface area contributed by atoms with Crippen molar-refractivity contribution in [1.82, 2.24) is 4.90 Å². The van der Waals surface area contributed by atoms with Crippen molar-refractivity contribution in [2.75, 3.05) is 6.54 Å². The third-order valence-electron chi connectivity index (χ3n) is 5.91. The number of aliphatic carboxylic acids is 3. The molecular formula is C26H42NNa3O7. The van der Waals surface area contributed by atoms with Crippen molar-refractivity contribution in [3.05, 3.63) is 12.2 Å². The Morgan fingerprint density at radius 1 is 0.622 bits per heavy atom. The van der Waals surface area contributed by atoms with Crippen LogP contribution in [0.15, 0.2) is 12.2 Å². The predicted molar refractivity (Wildman–Crippen MR) is 124 cm³/mol. The molecular weight excluding hydrogens is 507 g/mol. The molecule has 0 aliphatic carbocycles. The van der Waals surface area contributed by atoms with Crippen LogP contribution >= 0.6 is 0 Å². The zero-order chi connectivity index (χ0) is 25.6. The Morgan fingerprint density at radius 2 is 1.00 bits per heavy atom. The van der Waals surface area contributed by atoms with Gasteiger partial charge in [0.15, 0.2) is 0 Å². The van der Waals surface area contributed by atoms with E-state index in [1.165, 1.54) is 70.6 Å². The molecule has 0 aliphatic heterocycles. The van der Waals surface area contributed by atoms with E-state index in [1.54, 1.807) is 0 Å². The molecule has 0 saturated carbocycles. The quantitative estimate of drug-likeness (QED) is 0.0701. The van der Waals surface area contributed by atoms with Crippen molar-refractivity contribution in [3.8, 4) is 0 Å². The van der Waals surface area contributed by atoms with Crippen LogP contribution in [0.5, 0.6) is 0 Å². The number of carbonyl (C=O) groups excluding carboxylic acids is 4. The molecule has 11 heteroatoms. The minimum Gasteiger partial charge on any atom is -0.550 e. The third kappa shape index (κ3) is 28.0. The molecule has 1 atom stereocenters. The van der Waals surface area contributed by atoms with E-state index in [1.807, 2.05) is 0 Å².